The van der Waals surface area contributed by atoms with E-state index < -0.39 is 0 Å². The second-order valence-corrected chi connectivity index (χ2v) is 6.06. The first-order valence-electron chi connectivity index (χ1n) is 6.32. The molecule has 0 aliphatic carbocycles. The molecule has 1 aliphatic heterocycles. The number of halogens is 1. The van der Waals surface area contributed by atoms with Gasteiger partial charge in [0.25, 0.3) is 0 Å². The Hall–Kier alpha value is -0.380. The molecule has 1 saturated heterocycles. The molecule has 0 bridgehead atoms. The first kappa shape index (κ1) is 13.1. The molecule has 1 aromatic rings. The number of rotatable bonds is 4. The van der Waals surface area contributed by atoms with E-state index in [4.69, 9.17) is 0 Å². The smallest absolute Gasteiger partial charge is 0.0209 e. The second-order valence-electron chi connectivity index (χ2n) is 5.15. The molecule has 1 aromatic carbocycles. The number of hydrogen-bond acceptors (Lipinski definition) is 2. The molecule has 94 valence electrons. The lowest BCUT2D eigenvalue weighted by Crippen LogP contribution is -2.39. The lowest BCUT2D eigenvalue weighted by atomic mass is 10.1. The van der Waals surface area contributed by atoms with Crippen LogP contribution in [0.5, 0.6) is 0 Å². The average molecular weight is 297 g/mol. The largest absolute Gasteiger partial charge is 0.310 e. The van der Waals surface area contributed by atoms with Crippen LogP contribution in [0.2, 0.25) is 0 Å². The molecule has 1 N–H and O–H groups in total. The highest BCUT2D eigenvalue weighted by Crippen LogP contribution is 2.13. The molecule has 1 fully saturated rings. The summed E-state index contributed by atoms with van der Waals surface area (Å²) < 4.78 is 1.15. The van der Waals surface area contributed by atoms with Gasteiger partial charge in [0, 0.05) is 23.1 Å². The highest BCUT2D eigenvalue weighted by atomic mass is 79.9. The van der Waals surface area contributed by atoms with E-state index in [2.05, 4.69) is 64.4 Å². The predicted octanol–water partition coefficient (Wildman–Crippen LogP) is 2.67. The van der Waals surface area contributed by atoms with Crippen molar-refractivity contribution in [2.45, 2.75) is 31.8 Å². The van der Waals surface area contributed by atoms with E-state index in [-0.39, 0.29) is 0 Å². The van der Waals surface area contributed by atoms with Crippen molar-refractivity contribution in [1.29, 1.82) is 0 Å². The van der Waals surface area contributed by atoms with Gasteiger partial charge < -0.3 is 10.2 Å². The van der Waals surface area contributed by atoms with E-state index in [1.165, 1.54) is 25.1 Å². The minimum atomic E-state index is 0.549. The maximum absolute atomic E-state index is 3.72. The van der Waals surface area contributed by atoms with Crippen molar-refractivity contribution in [2.24, 2.45) is 0 Å². The molecule has 3 heteroatoms. The standard InChI is InChI=1S/C14H21BrN2/c1-11(16-14-7-8-17(2)10-14)9-12-3-5-13(15)6-4-12/h3-6,11,14,16H,7-10H2,1-2H3. The van der Waals surface area contributed by atoms with E-state index >= 15 is 0 Å². The molecular formula is C14H21BrN2. The van der Waals surface area contributed by atoms with Gasteiger partial charge in [-0.25, -0.2) is 0 Å². The summed E-state index contributed by atoms with van der Waals surface area (Å²) in [4.78, 5) is 2.39. The molecule has 0 saturated carbocycles. The number of nitrogens with zero attached hydrogens (tertiary/aromatic N) is 1. The van der Waals surface area contributed by atoms with Crippen LogP contribution in [0, 0.1) is 0 Å². The summed E-state index contributed by atoms with van der Waals surface area (Å²) in [5, 5.41) is 3.72. The normalized spacial score (nSPS) is 22.9. The van der Waals surface area contributed by atoms with Gasteiger partial charge in [-0.3, -0.25) is 0 Å². The van der Waals surface area contributed by atoms with Crippen molar-refractivity contribution in [3.8, 4) is 0 Å². The van der Waals surface area contributed by atoms with E-state index in [0.29, 0.717) is 12.1 Å². The Bertz CT molecular complexity index is 350. The van der Waals surface area contributed by atoms with E-state index in [0.717, 1.165) is 10.9 Å². The SMILES string of the molecule is CC(Cc1ccc(Br)cc1)NC1CCN(C)C1. The van der Waals surface area contributed by atoms with E-state index in [1.807, 2.05) is 0 Å². The zero-order chi connectivity index (χ0) is 12.3. The number of benzene rings is 1. The zero-order valence-corrected chi connectivity index (χ0v) is 12.2. The molecule has 2 nitrogen and oxygen atoms in total. The number of nitrogens with one attached hydrogen (secondary N) is 1. The maximum atomic E-state index is 3.72. The second kappa shape index (κ2) is 5.98. The van der Waals surface area contributed by atoms with Crippen LogP contribution in [-0.4, -0.2) is 37.1 Å². The predicted molar refractivity (Wildman–Crippen MR) is 76.3 cm³/mol. The van der Waals surface area contributed by atoms with Crippen LogP contribution in [0.1, 0.15) is 18.9 Å². The Morgan fingerprint density at radius 1 is 1.41 bits per heavy atom. The summed E-state index contributed by atoms with van der Waals surface area (Å²) in [6, 6.07) is 9.85. The molecule has 0 amide bonds. The Morgan fingerprint density at radius 2 is 2.12 bits per heavy atom. The Kier molecular flexibility index (Phi) is 4.60. The van der Waals surface area contributed by atoms with Crippen LogP contribution < -0.4 is 5.32 Å². The van der Waals surface area contributed by atoms with Crippen molar-refractivity contribution < 1.29 is 0 Å². The monoisotopic (exact) mass is 296 g/mol. The third kappa shape index (κ3) is 4.09. The topological polar surface area (TPSA) is 15.3 Å². The third-order valence-electron chi connectivity index (χ3n) is 3.37. The summed E-state index contributed by atoms with van der Waals surface area (Å²) in [6.45, 7) is 4.69. The van der Waals surface area contributed by atoms with Gasteiger partial charge in [-0.05, 0) is 51.1 Å². The Balaban J connectivity index is 1.80. The van der Waals surface area contributed by atoms with Crippen molar-refractivity contribution in [1.82, 2.24) is 10.2 Å². The first-order chi connectivity index (χ1) is 8.13. The molecular weight excluding hydrogens is 276 g/mol. The quantitative estimate of drug-likeness (QED) is 0.919. The van der Waals surface area contributed by atoms with Crippen molar-refractivity contribution in [3.63, 3.8) is 0 Å². The molecule has 2 unspecified atom stereocenters. The van der Waals surface area contributed by atoms with Crippen LogP contribution in [0.25, 0.3) is 0 Å². The minimum Gasteiger partial charge on any atom is -0.310 e. The molecule has 1 aliphatic rings. The number of likely N-dealkylation sites (tertiary alicyclic amines) is 1. The minimum absolute atomic E-state index is 0.549. The number of likely N-dealkylation sites (N-methyl/N-ethyl adjacent to an activating group) is 1. The van der Waals surface area contributed by atoms with Crippen molar-refractivity contribution >= 4 is 15.9 Å². The van der Waals surface area contributed by atoms with Gasteiger partial charge >= 0.3 is 0 Å². The number of hydrogen-bond donors (Lipinski definition) is 1. The fraction of sp³-hybridized carbons (Fsp3) is 0.571. The maximum Gasteiger partial charge on any atom is 0.0209 e. The van der Waals surface area contributed by atoms with Gasteiger partial charge in [-0.1, -0.05) is 28.1 Å². The fourth-order valence-electron chi connectivity index (χ4n) is 2.51. The molecule has 0 aromatic heterocycles. The Labute approximate surface area is 113 Å². The Morgan fingerprint density at radius 3 is 2.71 bits per heavy atom. The van der Waals surface area contributed by atoms with Crippen molar-refractivity contribution in [3.05, 3.63) is 34.3 Å². The zero-order valence-electron chi connectivity index (χ0n) is 10.6. The van der Waals surface area contributed by atoms with Gasteiger partial charge in [0.2, 0.25) is 0 Å². The summed E-state index contributed by atoms with van der Waals surface area (Å²) in [6.07, 6.45) is 2.38. The molecule has 1 heterocycles. The van der Waals surface area contributed by atoms with Crippen LogP contribution >= 0.6 is 15.9 Å². The van der Waals surface area contributed by atoms with E-state index in [9.17, 15) is 0 Å². The molecule has 2 atom stereocenters. The molecule has 2 rings (SSSR count). The van der Waals surface area contributed by atoms with Crippen LogP contribution in [-0.2, 0) is 6.42 Å². The van der Waals surface area contributed by atoms with Crippen molar-refractivity contribution in [2.75, 3.05) is 20.1 Å². The van der Waals surface area contributed by atoms with Crippen LogP contribution in [0.15, 0.2) is 28.7 Å². The summed E-state index contributed by atoms with van der Waals surface area (Å²) >= 11 is 3.47. The van der Waals surface area contributed by atoms with Gasteiger partial charge in [-0.15, -0.1) is 0 Å². The summed E-state index contributed by atoms with van der Waals surface area (Å²) in [5.74, 6) is 0. The lowest BCUT2D eigenvalue weighted by molar-refractivity contribution is 0.384. The summed E-state index contributed by atoms with van der Waals surface area (Å²) in [5.41, 5.74) is 1.40. The van der Waals surface area contributed by atoms with Gasteiger partial charge in [0.15, 0.2) is 0 Å². The summed E-state index contributed by atoms with van der Waals surface area (Å²) in [7, 11) is 2.20. The van der Waals surface area contributed by atoms with Crippen LogP contribution in [0.4, 0.5) is 0 Å². The lowest BCUT2D eigenvalue weighted by Gasteiger charge is -2.19. The van der Waals surface area contributed by atoms with Gasteiger partial charge in [-0.2, -0.15) is 0 Å². The first-order valence-corrected chi connectivity index (χ1v) is 7.12. The fourth-order valence-corrected chi connectivity index (χ4v) is 2.77. The van der Waals surface area contributed by atoms with Crippen LogP contribution in [0.3, 0.4) is 0 Å². The van der Waals surface area contributed by atoms with Gasteiger partial charge in [0.1, 0.15) is 0 Å². The highest BCUT2D eigenvalue weighted by molar-refractivity contribution is 9.10. The molecule has 17 heavy (non-hydrogen) atoms. The molecule has 0 spiro atoms. The van der Waals surface area contributed by atoms with Gasteiger partial charge in [0.05, 0.1) is 0 Å². The van der Waals surface area contributed by atoms with E-state index in [1.54, 1.807) is 0 Å². The highest BCUT2D eigenvalue weighted by Gasteiger charge is 2.20. The average Bonchev–Trinajstić information content (AvgIpc) is 2.67. The molecule has 0 radical (unpaired) electrons. The third-order valence-corrected chi connectivity index (χ3v) is 3.90.